The van der Waals surface area contributed by atoms with E-state index in [-0.39, 0.29) is 30.7 Å². The van der Waals surface area contributed by atoms with Crippen LogP contribution in [0.5, 0.6) is 0 Å². The smallest absolute Gasteiger partial charge is 0.243 e. The van der Waals surface area contributed by atoms with Crippen LogP contribution < -0.4 is 21.7 Å². The van der Waals surface area contributed by atoms with E-state index in [4.69, 9.17) is 28.9 Å². The molecule has 2 aromatic rings. The highest BCUT2D eigenvalue weighted by atomic mass is 35.5. The molecule has 2 rings (SSSR count). The summed E-state index contributed by atoms with van der Waals surface area (Å²) < 4.78 is 0. The van der Waals surface area contributed by atoms with E-state index < -0.39 is 12.1 Å². The van der Waals surface area contributed by atoms with Gasteiger partial charge in [-0.2, -0.15) is 0 Å². The third-order valence-corrected chi connectivity index (χ3v) is 5.92. The molecule has 0 saturated carbocycles. The number of rotatable bonds is 10. The zero-order chi connectivity index (χ0) is 23.0. The number of carbonyl (C=O) groups is 2. The lowest BCUT2D eigenvalue weighted by Crippen LogP contribution is -2.54. The van der Waals surface area contributed by atoms with Gasteiger partial charge in [0.05, 0.1) is 16.1 Å². The summed E-state index contributed by atoms with van der Waals surface area (Å²) in [6, 6.07) is 7.42. The molecular weight excluding hydrogens is 437 g/mol. The summed E-state index contributed by atoms with van der Waals surface area (Å²) in [7, 11) is 1.73. The molecule has 31 heavy (non-hydrogen) atoms. The Bertz CT molecular complexity index is 892. The second-order valence-electron chi connectivity index (χ2n) is 7.47. The summed E-state index contributed by atoms with van der Waals surface area (Å²) >= 11 is 12.1. The minimum atomic E-state index is -0.786. The standard InChI is InChI=1S/C22H29Cl2N5O2/c1-4-13(2)20(26-3)22(31)29-18(10-14-5-7-16(23)17(24)9-14)21(30)28-12-15-6-8-19(25)27-11-15/h5-9,11,13,18,20,26H,4,10,12H2,1-3H3,(H2,25,27)(H,28,30)(H,29,31)/t13?,18-,20+/m0/s1. The largest absolute Gasteiger partial charge is 0.384 e. The van der Waals surface area contributed by atoms with Crippen LogP contribution in [0.2, 0.25) is 10.0 Å². The molecule has 1 aromatic carbocycles. The summed E-state index contributed by atoms with van der Waals surface area (Å²) in [5, 5.41) is 9.60. The van der Waals surface area contributed by atoms with E-state index in [0.29, 0.717) is 15.9 Å². The number of hydrogen-bond donors (Lipinski definition) is 4. The van der Waals surface area contributed by atoms with Crippen LogP contribution in [0.15, 0.2) is 36.5 Å². The van der Waals surface area contributed by atoms with Crippen molar-refractivity contribution >= 4 is 40.8 Å². The summed E-state index contributed by atoms with van der Waals surface area (Å²) in [5.41, 5.74) is 7.19. The maximum Gasteiger partial charge on any atom is 0.243 e. The molecule has 9 heteroatoms. The molecule has 1 unspecified atom stereocenters. The minimum Gasteiger partial charge on any atom is -0.384 e. The van der Waals surface area contributed by atoms with Gasteiger partial charge in [-0.3, -0.25) is 9.59 Å². The fraction of sp³-hybridized carbons (Fsp3) is 0.409. The van der Waals surface area contributed by atoms with E-state index in [1.807, 2.05) is 13.8 Å². The first-order valence-corrected chi connectivity index (χ1v) is 10.9. The molecule has 2 amide bonds. The number of nitrogen functional groups attached to an aromatic ring is 1. The van der Waals surface area contributed by atoms with E-state index >= 15 is 0 Å². The Morgan fingerprint density at radius 3 is 2.39 bits per heavy atom. The highest BCUT2D eigenvalue weighted by Gasteiger charge is 2.27. The number of nitrogens with zero attached hydrogens (tertiary/aromatic N) is 1. The van der Waals surface area contributed by atoms with Crippen molar-refractivity contribution in [1.82, 2.24) is 20.9 Å². The number of carbonyl (C=O) groups excluding carboxylic acids is 2. The number of nitrogens with two attached hydrogens (primary N) is 1. The average Bonchev–Trinajstić information content (AvgIpc) is 2.75. The zero-order valence-corrected chi connectivity index (χ0v) is 19.4. The van der Waals surface area contributed by atoms with Crippen LogP contribution in [-0.2, 0) is 22.6 Å². The average molecular weight is 466 g/mol. The predicted octanol–water partition coefficient (Wildman–Crippen LogP) is 2.95. The topological polar surface area (TPSA) is 109 Å². The molecule has 0 saturated heterocycles. The van der Waals surface area contributed by atoms with Crippen LogP contribution in [-0.4, -0.2) is 35.9 Å². The second-order valence-corrected chi connectivity index (χ2v) is 8.29. The molecule has 1 aromatic heterocycles. The SMILES string of the molecule is CCC(C)[C@@H](NC)C(=O)N[C@@H](Cc1ccc(Cl)c(Cl)c1)C(=O)NCc1ccc(N)nc1. The Hall–Kier alpha value is -2.35. The summed E-state index contributed by atoms with van der Waals surface area (Å²) in [6.07, 6.45) is 2.69. The first-order chi connectivity index (χ1) is 14.7. The number of pyridine rings is 1. The van der Waals surface area contributed by atoms with Crippen molar-refractivity contribution in [2.24, 2.45) is 5.92 Å². The van der Waals surface area contributed by atoms with Crippen LogP contribution in [0.1, 0.15) is 31.4 Å². The van der Waals surface area contributed by atoms with Gasteiger partial charge in [-0.15, -0.1) is 0 Å². The number of benzene rings is 1. The van der Waals surface area contributed by atoms with E-state index in [1.165, 1.54) is 0 Å². The number of nitrogens with one attached hydrogen (secondary N) is 3. The Kier molecular flexibility index (Phi) is 9.55. The van der Waals surface area contributed by atoms with E-state index in [1.54, 1.807) is 43.6 Å². The fourth-order valence-electron chi connectivity index (χ4n) is 3.14. The van der Waals surface area contributed by atoms with Crippen molar-refractivity contribution in [3.05, 3.63) is 57.7 Å². The molecule has 0 spiro atoms. The molecule has 7 nitrogen and oxygen atoms in total. The molecule has 1 heterocycles. The maximum absolute atomic E-state index is 13.0. The normalized spacial score (nSPS) is 13.8. The highest BCUT2D eigenvalue weighted by molar-refractivity contribution is 6.42. The van der Waals surface area contributed by atoms with Crippen molar-refractivity contribution < 1.29 is 9.59 Å². The van der Waals surface area contributed by atoms with Crippen LogP contribution in [0, 0.1) is 5.92 Å². The number of amides is 2. The van der Waals surface area contributed by atoms with Crippen molar-refractivity contribution in [2.45, 2.75) is 45.3 Å². The van der Waals surface area contributed by atoms with Gasteiger partial charge in [0.25, 0.3) is 0 Å². The Morgan fingerprint density at radius 1 is 1.10 bits per heavy atom. The fourth-order valence-corrected chi connectivity index (χ4v) is 3.46. The van der Waals surface area contributed by atoms with Crippen LogP contribution in [0.25, 0.3) is 0 Å². The summed E-state index contributed by atoms with van der Waals surface area (Å²) in [5.74, 6) is -0.0241. The quantitative estimate of drug-likeness (QED) is 0.431. The number of likely N-dealkylation sites (N-methyl/N-ethyl adjacent to an activating group) is 1. The molecule has 168 valence electrons. The van der Waals surface area contributed by atoms with Crippen molar-refractivity contribution in [2.75, 3.05) is 12.8 Å². The van der Waals surface area contributed by atoms with E-state index in [9.17, 15) is 9.59 Å². The van der Waals surface area contributed by atoms with Gasteiger partial charge >= 0.3 is 0 Å². The minimum absolute atomic E-state index is 0.111. The highest BCUT2D eigenvalue weighted by Crippen LogP contribution is 2.23. The monoisotopic (exact) mass is 465 g/mol. The molecule has 0 aliphatic carbocycles. The van der Waals surface area contributed by atoms with E-state index in [2.05, 4.69) is 20.9 Å². The van der Waals surface area contributed by atoms with Crippen molar-refractivity contribution in [3.8, 4) is 0 Å². The molecule has 0 bridgehead atoms. The third kappa shape index (κ3) is 7.38. The van der Waals surface area contributed by atoms with Gasteiger partial charge in [-0.05, 0) is 42.3 Å². The van der Waals surface area contributed by atoms with Crippen LogP contribution in [0.4, 0.5) is 5.82 Å². The number of hydrogen-bond acceptors (Lipinski definition) is 5. The van der Waals surface area contributed by atoms with Crippen molar-refractivity contribution in [1.29, 1.82) is 0 Å². The molecule has 5 N–H and O–H groups in total. The van der Waals surface area contributed by atoms with Crippen LogP contribution >= 0.6 is 23.2 Å². The first-order valence-electron chi connectivity index (χ1n) is 10.1. The lowest BCUT2D eigenvalue weighted by Gasteiger charge is -2.25. The van der Waals surface area contributed by atoms with Crippen molar-refractivity contribution in [3.63, 3.8) is 0 Å². The van der Waals surface area contributed by atoms with Gasteiger partial charge in [-0.1, -0.05) is 55.6 Å². The number of anilines is 1. The predicted molar refractivity (Wildman–Crippen MR) is 125 cm³/mol. The lowest BCUT2D eigenvalue weighted by atomic mass is 9.97. The second kappa shape index (κ2) is 11.9. The van der Waals surface area contributed by atoms with Gasteiger partial charge in [0, 0.05) is 19.2 Å². The van der Waals surface area contributed by atoms with E-state index in [0.717, 1.165) is 17.5 Å². The summed E-state index contributed by atoms with van der Waals surface area (Å²) in [4.78, 5) is 29.9. The Balaban J connectivity index is 2.16. The number of aromatic nitrogens is 1. The summed E-state index contributed by atoms with van der Waals surface area (Å²) in [6.45, 7) is 4.27. The van der Waals surface area contributed by atoms with Crippen LogP contribution in [0.3, 0.4) is 0 Å². The molecule has 0 aliphatic rings. The maximum atomic E-state index is 13.0. The lowest BCUT2D eigenvalue weighted by molar-refractivity contribution is -0.130. The molecule has 0 aliphatic heterocycles. The molecular formula is C22H29Cl2N5O2. The van der Waals surface area contributed by atoms with Gasteiger partial charge < -0.3 is 21.7 Å². The Labute approximate surface area is 193 Å². The third-order valence-electron chi connectivity index (χ3n) is 5.18. The van der Waals surface area contributed by atoms with Gasteiger partial charge in [-0.25, -0.2) is 4.98 Å². The van der Waals surface area contributed by atoms with Gasteiger partial charge in [0.2, 0.25) is 11.8 Å². The van der Waals surface area contributed by atoms with Gasteiger partial charge in [0.1, 0.15) is 11.9 Å². The number of halogens is 2. The van der Waals surface area contributed by atoms with Gasteiger partial charge in [0.15, 0.2) is 0 Å². The zero-order valence-electron chi connectivity index (χ0n) is 17.9. The Morgan fingerprint density at radius 2 is 1.81 bits per heavy atom. The molecule has 3 atom stereocenters. The molecule has 0 fully saturated rings. The molecule has 0 radical (unpaired) electrons. The first kappa shape index (κ1) is 24.9.